The molecule has 18 heavy (non-hydrogen) atoms. The van der Waals surface area contributed by atoms with Gasteiger partial charge in [-0.25, -0.2) is 0 Å². The molecule has 102 valence electrons. The quantitative estimate of drug-likeness (QED) is 0.637. The van der Waals surface area contributed by atoms with Gasteiger partial charge in [0, 0.05) is 19.8 Å². The lowest BCUT2D eigenvalue weighted by atomic mass is 10.4. The first-order chi connectivity index (χ1) is 8.76. The Balaban J connectivity index is 2.20. The zero-order valence-corrected chi connectivity index (χ0v) is 11.0. The summed E-state index contributed by atoms with van der Waals surface area (Å²) in [5, 5.41) is 3.05. The molecule has 0 atom stereocenters. The molecule has 1 rings (SSSR count). The fourth-order valence-electron chi connectivity index (χ4n) is 1.27. The molecule has 0 amide bonds. The zero-order valence-electron chi connectivity index (χ0n) is 11.0. The van der Waals surface area contributed by atoms with E-state index in [1.54, 1.807) is 0 Å². The van der Waals surface area contributed by atoms with Gasteiger partial charge >= 0.3 is 6.01 Å². The first-order valence-corrected chi connectivity index (χ1v) is 6.13. The minimum Gasteiger partial charge on any atom is -0.467 e. The standard InChI is InChI=1S/C11H21N5O2/c1-3-4-7-18-8-5-6-13-10-14-9(12)15-11(16-10)17-2/h3-8H2,1-2H3,(H3,12,13,14,15,16). The van der Waals surface area contributed by atoms with Crippen LogP contribution in [0.15, 0.2) is 0 Å². The van der Waals surface area contributed by atoms with Crippen LogP contribution in [0.3, 0.4) is 0 Å². The van der Waals surface area contributed by atoms with Crippen molar-refractivity contribution in [2.45, 2.75) is 26.2 Å². The van der Waals surface area contributed by atoms with Gasteiger partial charge in [-0.15, -0.1) is 0 Å². The Bertz CT molecular complexity index is 348. The Morgan fingerprint density at radius 1 is 1.17 bits per heavy atom. The molecule has 3 N–H and O–H groups in total. The number of ether oxygens (including phenoxy) is 2. The van der Waals surface area contributed by atoms with Gasteiger partial charge in [-0.3, -0.25) is 0 Å². The Labute approximate surface area is 107 Å². The summed E-state index contributed by atoms with van der Waals surface area (Å²) in [6, 6.07) is 0.212. The number of unbranched alkanes of at least 4 members (excludes halogenated alkanes) is 1. The predicted octanol–water partition coefficient (Wildman–Crippen LogP) is 1.08. The van der Waals surface area contributed by atoms with Crippen LogP contribution in [0.1, 0.15) is 26.2 Å². The van der Waals surface area contributed by atoms with Gasteiger partial charge in [0.1, 0.15) is 0 Å². The Morgan fingerprint density at radius 2 is 1.94 bits per heavy atom. The van der Waals surface area contributed by atoms with Crippen LogP contribution in [0.4, 0.5) is 11.9 Å². The molecule has 0 unspecified atom stereocenters. The fourth-order valence-corrected chi connectivity index (χ4v) is 1.27. The first-order valence-electron chi connectivity index (χ1n) is 6.13. The third kappa shape index (κ3) is 5.62. The smallest absolute Gasteiger partial charge is 0.322 e. The average molecular weight is 255 g/mol. The second kappa shape index (κ2) is 8.46. The molecular formula is C11H21N5O2. The Hall–Kier alpha value is -1.63. The van der Waals surface area contributed by atoms with Crippen molar-refractivity contribution < 1.29 is 9.47 Å². The number of rotatable bonds is 9. The summed E-state index contributed by atoms with van der Waals surface area (Å²) in [7, 11) is 1.49. The van der Waals surface area contributed by atoms with Gasteiger partial charge in [0.15, 0.2) is 0 Å². The maximum absolute atomic E-state index is 5.51. The number of nitrogens with one attached hydrogen (secondary N) is 1. The van der Waals surface area contributed by atoms with Gasteiger partial charge in [0.05, 0.1) is 7.11 Å². The van der Waals surface area contributed by atoms with Crippen molar-refractivity contribution in [3.05, 3.63) is 0 Å². The molecule has 0 saturated carbocycles. The van der Waals surface area contributed by atoms with E-state index in [1.807, 2.05) is 0 Å². The first kappa shape index (κ1) is 14.4. The van der Waals surface area contributed by atoms with E-state index < -0.39 is 0 Å². The number of anilines is 2. The highest BCUT2D eigenvalue weighted by Crippen LogP contribution is 2.07. The van der Waals surface area contributed by atoms with Gasteiger partial charge in [-0.1, -0.05) is 13.3 Å². The Morgan fingerprint density at radius 3 is 2.67 bits per heavy atom. The van der Waals surface area contributed by atoms with E-state index in [4.69, 9.17) is 15.2 Å². The lowest BCUT2D eigenvalue weighted by molar-refractivity contribution is 0.131. The van der Waals surface area contributed by atoms with Crippen molar-refractivity contribution in [3.63, 3.8) is 0 Å². The van der Waals surface area contributed by atoms with Crippen molar-refractivity contribution in [2.75, 3.05) is 37.9 Å². The molecule has 0 saturated heterocycles. The topological polar surface area (TPSA) is 95.2 Å². The van der Waals surface area contributed by atoms with E-state index >= 15 is 0 Å². The molecule has 0 fully saturated rings. The second-order valence-electron chi connectivity index (χ2n) is 3.75. The molecule has 0 aliphatic heterocycles. The minimum atomic E-state index is 0.142. The summed E-state index contributed by atoms with van der Waals surface area (Å²) in [5.74, 6) is 0.566. The highest BCUT2D eigenvalue weighted by molar-refractivity contribution is 5.32. The number of nitrogens with zero attached hydrogens (tertiary/aromatic N) is 3. The van der Waals surface area contributed by atoms with Gasteiger partial charge in [0.25, 0.3) is 0 Å². The number of nitrogens with two attached hydrogens (primary N) is 1. The molecule has 0 aliphatic carbocycles. The number of nitrogen functional groups attached to an aromatic ring is 1. The molecule has 0 aromatic carbocycles. The summed E-state index contributed by atoms with van der Waals surface area (Å²) in [6.45, 7) is 4.41. The van der Waals surface area contributed by atoms with Gasteiger partial charge in [-0.05, 0) is 12.8 Å². The molecule has 1 heterocycles. The molecule has 0 radical (unpaired) electrons. The van der Waals surface area contributed by atoms with Crippen LogP contribution in [0, 0.1) is 0 Å². The summed E-state index contributed by atoms with van der Waals surface area (Å²) in [6.07, 6.45) is 3.15. The van der Waals surface area contributed by atoms with Crippen LogP contribution in [0.2, 0.25) is 0 Å². The molecule has 0 bridgehead atoms. The number of hydrogen-bond donors (Lipinski definition) is 2. The van der Waals surface area contributed by atoms with Crippen LogP contribution in [-0.2, 0) is 4.74 Å². The number of hydrogen-bond acceptors (Lipinski definition) is 7. The van der Waals surface area contributed by atoms with E-state index in [1.165, 1.54) is 7.11 Å². The van der Waals surface area contributed by atoms with Crippen LogP contribution >= 0.6 is 0 Å². The van der Waals surface area contributed by atoms with Gasteiger partial charge in [-0.2, -0.15) is 15.0 Å². The minimum absolute atomic E-state index is 0.142. The summed E-state index contributed by atoms with van der Waals surface area (Å²) in [5.41, 5.74) is 5.51. The van der Waals surface area contributed by atoms with Crippen molar-refractivity contribution in [1.29, 1.82) is 0 Å². The third-order valence-electron chi connectivity index (χ3n) is 2.21. The molecule has 0 spiro atoms. The summed E-state index contributed by atoms with van der Waals surface area (Å²) < 4.78 is 10.3. The van der Waals surface area contributed by atoms with E-state index in [0.717, 1.165) is 39.0 Å². The number of methoxy groups -OCH3 is 1. The van der Waals surface area contributed by atoms with Crippen molar-refractivity contribution >= 4 is 11.9 Å². The summed E-state index contributed by atoms with van der Waals surface area (Å²) >= 11 is 0. The highest BCUT2D eigenvalue weighted by Gasteiger charge is 2.03. The Kier molecular flexibility index (Phi) is 6.78. The SMILES string of the molecule is CCCCOCCCNc1nc(N)nc(OC)n1. The van der Waals surface area contributed by atoms with Crippen molar-refractivity contribution in [2.24, 2.45) is 0 Å². The monoisotopic (exact) mass is 255 g/mol. The normalized spacial score (nSPS) is 10.3. The molecule has 1 aromatic heterocycles. The van der Waals surface area contributed by atoms with Crippen LogP contribution in [0.5, 0.6) is 6.01 Å². The lowest BCUT2D eigenvalue weighted by Gasteiger charge is -2.06. The fraction of sp³-hybridized carbons (Fsp3) is 0.727. The number of aromatic nitrogens is 3. The molecule has 7 heteroatoms. The zero-order chi connectivity index (χ0) is 13.2. The molecular weight excluding hydrogens is 234 g/mol. The second-order valence-corrected chi connectivity index (χ2v) is 3.75. The summed E-state index contributed by atoms with van der Waals surface area (Å²) in [4.78, 5) is 11.8. The van der Waals surface area contributed by atoms with E-state index in [-0.39, 0.29) is 12.0 Å². The average Bonchev–Trinajstić information content (AvgIpc) is 2.37. The van der Waals surface area contributed by atoms with E-state index in [9.17, 15) is 0 Å². The largest absolute Gasteiger partial charge is 0.467 e. The van der Waals surface area contributed by atoms with Crippen LogP contribution in [0.25, 0.3) is 0 Å². The molecule has 0 aliphatic rings. The van der Waals surface area contributed by atoms with Crippen molar-refractivity contribution in [3.8, 4) is 6.01 Å². The third-order valence-corrected chi connectivity index (χ3v) is 2.21. The van der Waals surface area contributed by atoms with Crippen molar-refractivity contribution in [1.82, 2.24) is 15.0 Å². The molecule has 7 nitrogen and oxygen atoms in total. The highest BCUT2D eigenvalue weighted by atomic mass is 16.5. The maximum atomic E-state index is 5.51. The maximum Gasteiger partial charge on any atom is 0.322 e. The van der Waals surface area contributed by atoms with Crippen LogP contribution < -0.4 is 15.8 Å². The van der Waals surface area contributed by atoms with Gasteiger partial charge < -0.3 is 20.5 Å². The molecule has 1 aromatic rings. The van der Waals surface area contributed by atoms with E-state index in [0.29, 0.717) is 5.95 Å². The van der Waals surface area contributed by atoms with Crippen LogP contribution in [-0.4, -0.2) is 41.8 Å². The van der Waals surface area contributed by atoms with Gasteiger partial charge in [0.2, 0.25) is 11.9 Å². The predicted molar refractivity (Wildman–Crippen MR) is 69.6 cm³/mol. The van der Waals surface area contributed by atoms with E-state index in [2.05, 4.69) is 27.2 Å². The lowest BCUT2D eigenvalue weighted by Crippen LogP contribution is -2.11.